The maximum absolute atomic E-state index is 12.3. The molecule has 4 heteroatoms. The van der Waals surface area contributed by atoms with Gasteiger partial charge in [-0.3, -0.25) is 4.79 Å². The van der Waals surface area contributed by atoms with Gasteiger partial charge in [0.15, 0.2) is 0 Å². The van der Waals surface area contributed by atoms with Gasteiger partial charge in [-0.2, -0.15) is 0 Å². The first-order valence-corrected chi connectivity index (χ1v) is 7.87. The van der Waals surface area contributed by atoms with E-state index < -0.39 is 0 Å². The van der Waals surface area contributed by atoms with Crippen molar-refractivity contribution in [3.63, 3.8) is 0 Å². The van der Waals surface area contributed by atoms with Gasteiger partial charge in [0.1, 0.15) is 0 Å². The summed E-state index contributed by atoms with van der Waals surface area (Å²) in [6.07, 6.45) is 2.19. The first-order chi connectivity index (χ1) is 9.47. The number of hydrogen-bond acceptors (Lipinski definition) is 4. The van der Waals surface area contributed by atoms with Crippen LogP contribution in [0.3, 0.4) is 0 Å². The van der Waals surface area contributed by atoms with Crippen molar-refractivity contribution >= 4 is 5.97 Å². The number of hydrogen-bond donors (Lipinski definition) is 0. The molecule has 2 aliphatic heterocycles. The summed E-state index contributed by atoms with van der Waals surface area (Å²) in [5, 5.41) is 0. The Morgan fingerprint density at radius 3 is 2.30 bits per heavy atom. The molecular formula is C16H28O4. The highest BCUT2D eigenvalue weighted by molar-refractivity contribution is 5.73. The Balaban J connectivity index is 1.81. The second kappa shape index (κ2) is 6.90. The van der Waals surface area contributed by atoms with Gasteiger partial charge in [0.25, 0.3) is 0 Å². The van der Waals surface area contributed by atoms with Crippen LogP contribution in [0.4, 0.5) is 0 Å². The molecule has 0 bridgehead atoms. The summed E-state index contributed by atoms with van der Waals surface area (Å²) in [5.41, 5.74) is 0. The average molecular weight is 284 g/mol. The fraction of sp³-hybridized carbons (Fsp3) is 0.938. The third-order valence-electron chi connectivity index (χ3n) is 4.74. The van der Waals surface area contributed by atoms with Gasteiger partial charge in [0, 0.05) is 12.5 Å². The molecule has 20 heavy (non-hydrogen) atoms. The van der Waals surface area contributed by atoms with Crippen molar-refractivity contribution < 1.29 is 19.0 Å². The minimum absolute atomic E-state index is 0.00804. The SMILES string of the molecule is CC1CC(COC(=O)C2CC(C)OCC2C)C(C)CO1. The fourth-order valence-electron chi connectivity index (χ4n) is 3.13. The highest BCUT2D eigenvalue weighted by Gasteiger charge is 2.34. The summed E-state index contributed by atoms with van der Waals surface area (Å²) in [5.74, 6) is 1.09. The van der Waals surface area contributed by atoms with Crippen LogP contribution in [0, 0.1) is 23.7 Å². The first-order valence-electron chi connectivity index (χ1n) is 7.87. The third kappa shape index (κ3) is 3.95. The smallest absolute Gasteiger partial charge is 0.309 e. The molecule has 0 saturated carbocycles. The van der Waals surface area contributed by atoms with Crippen molar-refractivity contribution in [2.45, 2.75) is 52.7 Å². The van der Waals surface area contributed by atoms with Crippen molar-refractivity contribution in [2.24, 2.45) is 23.7 Å². The van der Waals surface area contributed by atoms with Crippen LogP contribution in [0.25, 0.3) is 0 Å². The maximum Gasteiger partial charge on any atom is 0.309 e. The minimum Gasteiger partial charge on any atom is -0.465 e. The number of ether oxygens (including phenoxy) is 3. The Hall–Kier alpha value is -0.610. The molecule has 0 aromatic rings. The minimum atomic E-state index is -0.0426. The summed E-state index contributed by atoms with van der Waals surface area (Å²) < 4.78 is 16.8. The van der Waals surface area contributed by atoms with Crippen LogP contribution in [0.15, 0.2) is 0 Å². The molecule has 6 unspecified atom stereocenters. The lowest BCUT2D eigenvalue weighted by Gasteiger charge is -2.34. The zero-order chi connectivity index (χ0) is 14.7. The quantitative estimate of drug-likeness (QED) is 0.747. The summed E-state index contributed by atoms with van der Waals surface area (Å²) in [4.78, 5) is 12.3. The number of carbonyl (C=O) groups excluding carboxylic acids is 1. The Labute approximate surface area is 122 Å². The molecule has 0 spiro atoms. The van der Waals surface area contributed by atoms with Gasteiger partial charge in [0.2, 0.25) is 0 Å². The molecule has 0 aliphatic carbocycles. The van der Waals surface area contributed by atoms with E-state index in [0.717, 1.165) is 19.4 Å². The molecule has 6 atom stereocenters. The molecule has 4 nitrogen and oxygen atoms in total. The van der Waals surface area contributed by atoms with E-state index in [1.54, 1.807) is 0 Å². The number of rotatable bonds is 3. The maximum atomic E-state index is 12.3. The molecule has 2 aliphatic rings. The van der Waals surface area contributed by atoms with Gasteiger partial charge in [-0.15, -0.1) is 0 Å². The van der Waals surface area contributed by atoms with Crippen LogP contribution in [-0.2, 0) is 19.0 Å². The second-order valence-electron chi connectivity index (χ2n) is 6.71. The van der Waals surface area contributed by atoms with Gasteiger partial charge in [-0.1, -0.05) is 13.8 Å². The fourth-order valence-corrected chi connectivity index (χ4v) is 3.13. The molecule has 2 heterocycles. The normalized spacial score (nSPS) is 42.2. The summed E-state index contributed by atoms with van der Waals surface area (Å²) >= 11 is 0. The Kier molecular flexibility index (Phi) is 5.44. The monoisotopic (exact) mass is 284 g/mol. The molecule has 116 valence electrons. The van der Waals surface area contributed by atoms with E-state index >= 15 is 0 Å². The molecule has 0 radical (unpaired) electrons. The predicted octanol–water partition coefficient (Wildman–Crippen LogP) is 2.65. The van der Waals surface area contributed by atoms with Crippen molar-refractivity contribution in [3.05, 3.63) is 0 Å². The molecular weight excluding hydrogens is 256 g/mol. The third-order valence-corrected chi connectivity index (χ3v) is 4.74. The molecule has 0 aromatic heterocycles. The number of esters is 1. The molecule has 0 N–H and O–H groups in total. The topological polar surface area (TPSA) is 44.8 Å². The second-order valence-corrected chi connectivity index (χ2v) is 6.71. The highest BCUT2D eigenvalue weighted by atomic mass is 16.5. The van der Waals surface area contributed by atoms with Crippen LogP contribution in [0.1, 0.15) is 40.5 Å². The van der Waals surface area contributed by atoms with Crippen molar-refractivity contribution in [1.82, 2.24) is 0 Å². The lowest BCUT2D eigenvalue weighted by atomic mass is 9.86. The van der Waals surface area contributed by atoms with Crippen LogP contribution in [0.5, 0.6) is 0 Å². The van der Waals surface area contributed by atoms with E-state index in [4.69, 9.17) is 14.2 Å². The van der Waals surface area contributed by atoms with Crippen LogP contribution in [0.2, 0.25) is 0 Å². The highest BCUT2D eigenvalue weighted by Crippen LogP contribution is 2.29. The molecule has 2 rings (SSSR count). The predicted molar refractivity (Wildman–Crippen MR) is 76.3 cm³/mol. The van der Waals surface area contributed by atoms with Crippen molar-refractivity contribution in [3.8, 4) is 0 Å². The lowest BCUT2D eigenvalue weighted by molar-refractivity contribution is -0.161. The summed E-state index contributed by atoms with van der Waals surface area (Å²) in [6.45, 7) is 10.3. The van der Waals surface area contributed by atoms with E-state index in [1.807, 2.05) is 6.92 Å². The van der Waals surface area contributed by atoms with Crippen LogP contribution >= 0.6 is 0 Å². The van der Waals surface area contributed by atoms with E-state index in [-0.39, 0.29) is 30.0 Å². The van der Waals surface area contributed by atoms with Crippen molar-refractivity contribution in [2.75, 3.05) is 19.8 Å². The van der Waals surface area contributed by atoms with E-state index in [1.165, 1.54) is 0 Å². The Morgan fingerprint density at radius 1 is 1.00 bits per heavy atom. The Bertz CT molecular complexity index is 330. The van der Waals surface area contributed by atoms with E-state index in [0.29, 0.717) is 25.0 Å². The summed E-state index contributed by atoms with van der Waals surface area (Å²) in [6, 6.07) is 0. The van der Waals surface area contributed by atoms with Gasteiger partial charge >= 0.3 is 5.97 Å². The van der Waals surface area contributed by atoms with E-state index in [9.17, 15) is 4.79 Å². The summed E-state index contributed by atoms with van der Waals surface area (Å²) in [7, 11) is 0. The van der Waals surface area contributed by atoms with Gasteiger partial charge in [-0.25, -0.2) is 0 Å². The lowest BCUT2D eigenvalue weighted by Crippen LogP contribution is -2.38. The van der Waals surface area contributed by atoms with Gasteiger partial charge < -0.3 is 14.2 Å². The molecule has 0 amide bonds. The van der Waals surface area contributed by atoms with Gasteiger partial charge in [0.05, 0.1) is 31.3 Å². The molecule has 2 saturated heterocycles. The molecule has 0 aromatic carbocycles. The number of carbonyl (C=O) groups is 1. The van der Waals surface area contributed by atoms with Crippen molar-refractivity contribution in [1.29, 1.82) is 0 Å². The van der Waals surface area contributed by atoms with Gasteiger partial charge in [-0.05, 0) is 38.5 Å². The van der Waals surface area contributed by atoms with E-state index in [2.05, 4.69) is 20.8 Å². The largest absolute Gasteiger partial charge is 0.465 e. The Morgan fingerprint density at radius 2 is 1.60 bits per heavy atom. The zero-order valence-electron chi connectivity index (χ0n) is 13.1. The average Bonchev–Trinajstić information content (AvgIpc) is 2.42. The van der Waals surface area contributed by atoms with Crippen LogP contribution < -0.4 is 0 Å². The first kappa shape index (κ1) is 15.8. The zero-order valence-corrected chi connectivity index (χ0v) is 13.1. The van der Waals surface area contributed by atoms with Crippen LogP contribution in [-0.4, -0.2) is 38.0 Å². The standard InChI is InChI=1S/C16H28O4/c1-10-7-18-12(3)5-14(10)9-20-16(17)15-6-13(4)19-8-11(15)2/h10-15H,5-9H2,1-4H3. The molecule has 2 fully saturated rings.